The van der Waals surface area contributed by atoms with Gasteiger partial charge in [-0.25, -0.2) is 0 Å². The number of nitro groups is 1. The van der Waals surface area contributed by atoms with Crippen LogP contribution >= 0.6 is 0 Å². The molecular weight excluding hydrogens is 312 g/mol. The zero-order chi connectivity index (χ0) is 17.7. The van der Waals surface area contributed by atoms with Gasteiger partial charge in [-0.3, -0.25) is 19.7 Å². The van der Waals surface area contributed by atoms with Crippen LogP contribution in [0.2, 0.25) is 0 Å². The van der Waals surface area contributed by atoms with Gasteiger partial charge in [0, 0.05) is 17.3 Å². The molecule has 2 aromatic carbocycles. The number of anilines is 1. The van der Waals surface area contributed by atoms with Crippen molar-refractivity contribution in [2.45, 2.75) is 20.0 Å². The summed E-state index contributed by atoms with van der Waals surface area (Å²) in [6, 6.07) is 12.1. The second-order valence-corrected chi connectivity index (χ2v) is 5.14. The Bertz CT molecular complexity index is 771. The van der Waals surface area contributed by atoms with E-state index in [2.05, 4.69) is 5.32 Å². The molecule has 0 aliphatic rings. The molecule has 7 heteroatoms. The van der Waals surface area contributed by atoms with Crippen LogP contribution in [-0.2, 0) is 4.79 Å². The molecule has 0 aliphatic carbocycles. The number of ketones is 1. The zero-order valence-corrected chi connectivity index (χ0v) is 13.2. The number of carbonyl (C=O) groups excluding carboxylic acids is 2. The fourth-order valence-corrected chi connectivity index (χ4v) is 1.96. The molecule has 2 aromatic rings. The zero-order valence-electron chi connectivity index (χ0n) is 13.2. The van der Waals surface area contributed by atoms with Gasteiger partial charge in [-0.2, -0.15) is 0 Å². The highest BCUT2D eigenvalue weighted by Gasteiger charge is 2.16. The Kier molecular flexibility index (Phi) is 5.26. The Hall–Kier alpha value is -3.22. The lowest BCUT2D eigenvalue weighted by molar-refractivity contribution is -0.384. The summed E-state index contributed by atoms with van der Waals surface area (Å²) >= 11 is 0. The number of carbonyl (C=O) groups is 2. The summed E-state index contributed by atoms with van der Waals surface area (Å²) in [7, 11) is 0. The van der Waals surface area contributed by atoms with Gasteiger partial charge in [0.05, 0.1) is 11.0 Å². The van der Waals surface area contributed by atoms with Crippen LogP contribution in [0.4, 0.5) is 11.4 Å². The van der Waals surface area contributed by atoms with Crippen molar-refractivity contribution in [1.82, 2.24) is 0 Å². The first kappa shape index (κ1) is 17.1. The summed E-state index contributed by atoms with van der Waals surface area (Å²) in [6.07, 6.45) is -0.848. The molecule has 0 fully saturated rings. The van der Waals surface area contributed by atoms with E-state index in [-0.39, 0.29) is 17.2 Å². The monoisotopic (exact) mass is 328 g/mol. The summed E-state index contributed by atoms with van der Waals surface area (Å²) in [6.45, 7) is 3.00. The molecule has 1 amide bonds. The standard InChI is InChI=1S/C17H16N2O5/c1-11(20)13-6-8-14(9-7-13)18-17(21)12(2)24-16-5-3-4-15(10-16)19(22)23/h3-10,12H,1-2H3,(H,18,21)/t12-/m1/s1. The Morgan fingerprint density at radius 1 is 1.17 bits per heavy atom. The average Bonchev–Trinajstić information content (AvgIpc) is 2.55. The highest BCUT2D eigenvalue weighted by molar-refractivity contribution is 5.96. The van der Waals surface area contributed by atoms with Crippen molar-refractivity contribution in [3.05, 3.63) is 64.2 Å². The highest BCUT2D eigenvalue weighted by Crippen LogP contribution is 2.20. The number of Topliss-reactive ketones (excluding diaryl/α,β-unsaturated/α-hetero) is 1. The molecule has 0 saturated heterocycles. The molecule has 0 spiro atoms. The largest absolute Gasteiger partial charge is 0.481 e. The molecule has 0 heterocycles. The lowest BCUT2D eigenvalue weighted by Gasteiger charge is -2.14. The molecule has 0 aromatic heterocycles. The fraction of sp³-hybridized carbons (Fsp3) is 0.176. The van der Waals surface area contributed by atoms with E-state index < -0.39 is 16.9 Å². The second-order valence-electron chi connectivity index (χ2n) is 5.14. The Morgan fingerprint density at radius 3 is 2.42 bits per heavy atom. The normalized spacial score (nSPS) is 11.4. The number of nitro benzene ring substituents is 1. The smallest absolute Gasteiger partial charge is 0.273 e. The summed E-state index contributed by atoms with van der Waals surface area (Å²) in [5.74, 6) is -0.230. The first-order valence-electron chi connectivity index (χ1n) is 7.20. The van der Waals surface area contributed by atoms with Crippen LogP contribution in [0.3, 0.4) is 0 Å². The van der Waals surface area contributed by atoms with Crippen LogP contribution in [0.1, 0.15) is 24.2 Å². The molecule has 0 saturated carbocycles. The molecule has 0 unspecified atom stereocenters. The van der Waals surface area contributed by atoms with Crippen LogP contribution < -0.4 is 10.1 Å². The van der Waals surface area contributed by atoms with Crippen LogP contribution in [0, 0.1) is 10.1 Å². The molecule has 124 valence electrons. The number of amides is 1. The first-order valence-corrected chi connectivity index (χ1v) is 7.20. The summed E-state index contributed by atoms with van der Waals surface area (Å²) in [5.41, 5.74) is 0.966. The van der Waals surface area contributed by atoms with Crippen LogP contribution in [-0.4, -0.2) is 22.7 Å². The lowest BCUT2D eigenvalue weighted by Crippen LogP contribution is -2.30. The number of non-ortho nitro benzene ring substituents is 1. The van der Waals surface area contributed by atoms with Crippen molar-refractivity contribution in [3.63, 3.8) is 0 Å². The van der Waals surface area contributed by atoms with Gasteiger partial charge >= 0.3 is 0 Å². The van der Waals surface area contributed by atoms with Gasteiger partial charge in [-0.15, -0.1) is 0 Å². The Morgan fingerprint density at radius 2 is 1.83 bits per heavy atom. The predicted octanol–water partition coefficient (Wildman–Crippen LogP) is 3.20. The van der Waals surface area contributed by atoms with E-state index in [0.29, 0.717) is 11.3 Å². The topological polar surface area (TPSA) is 98.5 Å². The van der Waals surface area contributed by atoms with E-state index in [9.17, 15) is 19.7 Å². The van der Waals surface area contributed by atoms with E-state index in [1.807, 2.05) is 0 Å². The van der Waals surface area contributed by atoms with Crippen LogP contribution in [0.15, 0.2) is 48.5 Å². The molecule has 1 atom stereocenters. The van der Waals surface area contributed by atoms with Crippen molar-refractivity contribution in [1.29, 1.82) is 0 Å². The quantitative estimate of drug-likeness (QED) is 0.499. The van der Waals surface area contributed by atoms with Crippen molar-refractivity contribution >= 4 is 23.1 Å². The molecule has 0 bridgehead atoms. The highest BCUT2D eigenvalue weighted by atomic mass is 16.6. The molecule has 0 aliphatic heterocycles. The van der Waals surface area contributed by atoms with Gasteiger partial charge in [0.2, 0.25) is 0 Å². The third kappa shape index (κ3) is 4.39. The lowest BCUT2D eigenvalue weighted by atomic mass is 10.1. The molecule has 7 nitrogen and oxygen atoms in total. The first-order chi connectivity index (χ1) is 11.4. The third-order valence-corrected chi connectivity index (χ3v) is 3.27. The summed E-state index contributed by atoms with van der Waals surface area (Å²) in [4.78, 5) is 33.5. The van der Waals surface area contributed by atoms with Crippen molar-refractivity contribution in [2.75, 3.05) is 5.32 Å². The van der Waals surface area contributed by atoms with Gasteiger partial charge in [0.1, 0.15) is 5.75 Å². The average molecular weight is 328 g/mol. The Labute approximate surface area is 138 Å². The maximum Gasteiger partial charge on any atom is 0.273 e. The maximum absolute atomic E-state index is 12.1. The SMILES string of the molecule is CC(=O)c1ccc(NC(=O)[C@@H](C)Oc2cccc([N+](=O)[O-])c2)cc1. The van der Waals surface area contributed by atoms with Crippen molar-refractivity contribution in [3.8, 4) is 5.75 Å². The van der Waals surface area contributed by atoms with Crippen molar-refractivity contribution < 1.29 is 19.2 Å². The number of nitrogens with one attached hydrogen (secondary N) is 1. The second kappa shape index (κ2) is 7.36. The minimum Gasteiger partial charge on any atom is -0.481 e. The number of hydrogen-bond acceptors (Lipinski definition) is 5. The van der Waals surface area contributed by atoms with E-state index in [4.69, 9.17) is 4.74 Å². The minimum atomic E-state index is -0.848. The van der Waals surface area contributed by atoms with E-state index >= 15 is 0 Å². The number of nitrogens with zero attached hydrogens (tertiary/aromatic N) is 1. The molecule has 24 heavy (non-hydrogen) atoms. The number of hydrogen-bond donors (Lipinski definition) is 1. The Balaban J connectivity index is 2.00. The molecule has 2 rings (SSSR count). The third-order valence-electron chi connectivity index (χ3n) is 3.27. The molecular formula is C17H16N2O5. The minimum absolute atomic E-state index is 0.0600. The van der Waals surface area contributed by atoms with Crippen LogP contribution in [0.25, 0.3) is 0 Å². The van der Waals surface area contributed by atoms with E-state index in [1.54, 1.807) is 30.3 Å². The number of benzene rings is 2. The van der Waals surface area contributed by atoms with Crippen LogP contribution in [0.5, 0.6) is 5.75 Å². The van der Waals surface area contributed by atoms with Crippen molar-refractivity contribution in [2.24, 2.45) is 0 Å². The van der Waals surface area contributed by atoms with Gasteiger partial charge in [-0.1, -0.05) is 6.07 Å². The van der Waals surface area contributed by atoms with Gasteiger partial charge in [0.15, 0.2) is 11.9 Å². The van der Waals surface area contributed by atoms with Gasteiger partial charge in [-0.05, 0) is 44.2 Å². The van der Waals surface area contributed by atoms with Gasteiger partial charge < -0.3 is 10.1 Å². The molecule has 0 radical (unpaired) electrons. The van der Waals surface area contributed by atoms with E-state index in [0.717, 1.165) is 0 Å². The van der Waals surface area contributed by atoms with Gasteiger partial charge in [0.25, 0.3) is 11.6 Å². The fourth-order valence-electron chi connectivity index (χ4n) is 1.96. The predicted molar refractivity (Wildman–Crippen MR) is 88.3 cm³/mol. The van der Waals surface area contributed by atoms with E-state index in [1.165, 1.54) is 32.0 Å². The number of ether oxygens (including phenoxy) is 1. The summed E-state index contributed by atoms with van der Waals surface area (Å²) in [5, 5.41) is 13.4. The summed E-state index contributed by atoms with van der Waals surface area (Å²) < 4.78 is 5.43. The molecule has 1 N–H and O–H groups in total. The number of rotatable bonds is 6. The maximum atomic E-state index is 12.1.